The predicted octanol–water partition coefficient (Wildman–Crippen LogP) is 5.76. The molecule has 3 rings (SSSR count). The summed E-state index contributed by atoms with van der Waals surface area (Å²) in [5.74, 6) is 0.0104. The van der Waals surface area contributed by atoms with Crippen molar-refractivity contribution in [3.05, 3.63) is 74.6 Å². The number of hydrogen-bond donors (Lipinski definition) is 0. The number of rotatable bonds is 2. The Bertz CT molecular complexity index is 899. The third-order valence-electron chi connectivity index (χ3n) is 3.32. The molecule has 2 aromatic carbocycles. The molecular weight excluding hydrogens is 432 g/mol. The minimum absolute atomic E-state index is 0.0104. The monoisotopic (exact) mass is 438 g/mol. The van der Waals surface area contributed by atoms with Crippen molar-refractivity contribution in [1.82, 2.24) is 9.97 Å². The van der Waals surface area contributed by atoms with Gasteiger partial charge in [0.25, 0.3) is 0 Å². The van der Waals surface area contributed by atoms with Gasteiger partial charge in [-0.15, -0.1) is 4.98 Å². The summed E-state index contributed by atoms with van der Waals surface area (Å²) in [4.78, 5) is 12.1. The summed E-state index contributed by atoms with van der Waals surface area (Å²) in [6, 6.07) is 17.1. The number of halogens is 2. The Balaban J connectivity index is 2.29. The smallest absolute Gasteiger partial charge is 0.307 e. The van der Waals surface area contributed by atoms with Crippen LogP contribution >= 0.6 is 31.9 Å². The van der Waals surface area contributed by atoms with Crippen LogP contribution in [0.15, 0.2) is 57.5 Å². The van der Waals surface area contributed by atoms with Gasteiger partial charge in [0.05, 0.1) is 0 Å². The highest BCUT2D eigenvalue weighted by atomic mass is 79.9. The molecule has 1 aromatic heterocycles. The first-order chi connectivity index (χ1) is 11.6. The topological polar surface area (TPSA) is 53.9 Å². The summed E-state index contributed by atoms with van der Waals surface area (Å²) in [5.41, 5.74) is 2.85. The molecule has 0 saturated heterocycles. The van der Waals surface area contributed by atoms with E-state index in [1.807, 2.05) is 54.6 Å². The first kappa shape index (κ1) is 16.3. The van der Waals surface area contributed by atoms with Gasteiger partial charge in [-0.3, -0.25) is 0 Å². The lowest BCUT2D eigenvalue weighted by atomic mass is 10.0. The summed E-state index contributed by atoms with van der Waals surface area (Å²) in [5, 5.41) is 9.25. The minimum atomic E-state index is 0.0104. The number of benzene rings is 2. The fourth-order valence-corrected chi connectivity index (χ4v) is 2.73. The van der Waals surface area contributed by atoms with Crippen molar-refractivity contribution in [2.75, 3.05) is 0 Å². The van der Waals surface area contributed by atoms with Crippen LogP contribution in [0.5, 0.6) is 0 Å². The molecular formula is C18H8Br2N4. The standard InChI is InChI=1S/C18H8Br2N4/c1-22-18-15(10-21)23-16(11-2-6-13(19)7-3-11)17(24-18)12-4-8-14(20)9-5-12/h2-9H. The maximum absolute atomic E-state index is 9.25. The molecule has 24 heavy (non-hydrogen) atoms. The molecule has 0 radical (unpaired) electrons. The van der Waals surface area contributed by atoms with Crippen LogP contribution in [0.3, 0.4) is 0 Å². The molecule has 6 heteroatoms. The number of nitriles is 1. The molecule has 0 atom stereocenters. The minimum Gasteiger partial charge on any atom is -0.358 e. The van der Waals surface area contributed by atoms with Gasteiger partial charge in [-0.1, -0.05) is 50.6 Å². The first-order valence-corrected chi connectivity index (χ1v) is 8.42. The maximum atomic E-state index is 9.25. The van der Waals surface area contributed by atoms with Crippen LogP contribution < -0.4 is 0 Å². The van der Waals surface area contributed by atoms with Crippen molar-refractivity contribution in [1.29, 1.82) is 5.26 Å². The third kappa shape index (κ3) is 3.21. The first-order valence-electron chi connectivity index (χ1n) is 6.84. The van der Waals surface area contributed by atoms with Crippen molar-refractivity contribution < 1.29 is 0 Å². The van der Waals surface area contributed by atoms with Crippen molar-refractivity contribution in [3.63, 3.8) is 0 Å². The molecule has 114 valence electrons. The van der Waals surface area contributed by atoms with E-state index in [-0.39, 0.29) is 11.5 Å². The van der Waals surface area contributed by atoms with Gasteiger partial charge in [0.2, 0.25) is 0 Å². The average molecular weight is 440 g/mol. The van der Waals surface area contributed by atoms with E-state index in [4.69, 9.17) is 6.57 Å². The quantitative estimate of drug-likeness (QED) is 0.477. The Morgan fingerprint density at radius 3 is 1.71 bits per heavy atom. The molecule has 4 nitrogen and oxygen atoms in total. The Morgan fingerprint density at radius 1 is 0.833 bits per heavy atom. The number of hydrogen-bond acceptors (Lipinski definition) is 3. The van der Waals surface area contributed by atoms with E-state index in [9.17, 15) is 5.26 Å². The molecule has 0 unspecified atom stereocenters. The largest absolute Gasteiger partial charge is 0.358 e. The van der Waals surface area contributed by atoms with E-state index >= 15 is 0 Å². The highest BCUT2D eigenvalue weighted by Crippen LogP contribution is 2.33. The summed E-state index contributed by atoms with van der Waals surface area (Å²) < 4.78 is 1.89. The second-order valence-corrected chi connectivity index (χ2v) is 6.66. The van der Waals surface area contributed by atoms with Crippen LogP contribution in [0.1, 0.15) is 5.69 Å². The molecule has 1 heterocycles. The van der Waals surface area contributed by atoms with Gasteiger partial charge < -0.3 is 4.85 Å². The zero-order valence-electron chi connectivity index (χ0n) is 12.2. The van der Waals surface area contributed by atoms with Gasteiger partial charge in [0, 0.05) is 20.1 Å². The predicted molar refractivity (Wildman–Crippen MR) is 99.3 cm³/mol. The molecule has 0 bridgehead atoms. The molecule has 0 saturated carbocycles. The third-order valence-corrected chi connectivity index (χ3v) is 4.38. The molecule has 0 N–H and O–H groups in total. The van der Waals surface area contributed by atoms with Crippen LogP contribution in [0, 0.1) is 17.9 Å². The van der Waals surface area contributed by atoms with E-state index in [1.165, 1.54) is 0 Å². The van der Waals surface area contributed by atoms with Crippen LogP contribution in [-0.4, -0.2) is 9.97 Å². The molecule has 0 spiro atoms. The van der Waals surface area contributed by atoms with Gasteiger partial charge in [-0.25, -0.2) is 4.98 Å². The van der Waals surface area contributed by atoms with Crippen LogP contribution in [0.2, 0.25) is 0 Å². The number of aromatic nitrogens is 2. The zero-order valence-corrected chi connectivity index (χ0v) is 15.3. The number of nitrogens with zero attached hydrogens (tertiary/aromatic N) is 4. The normalized spacial score (nSPS) is 10.0. The fourth-order valence-electron chi connectivity index (χ4n) is 2.20. The summed E-state index contributed by atoms with van der Waals surface area (Å²) in [6.07, 6.45) is 0. The average Bonchev–Trinajstić information content (AvgIpc) is 2.62. The second kappa shape index (κ2) is 6.92. The van der Waals surface area contributed by atoms with Gasteiger partial charge in [0.15, 0.2) is 11.4 Å². The van der Waals surface area contributed by atoms with E-state index in [0.717, 1.165) is 20.1 Å². The highest BCUT2D eigenvalue weighted by Gasteiger charge is 2.19. The lowest BCUT2D eigenvalue weighted by Gasteiger charge is -2.08. The van der Waals surface area contributed by atoms with E-state index in [0.29, 0.717) is 11.4 Å². The summed E-state index contributed by atoms with van der Waals surface area (Å²) >= 11 is 6.81. The molecule has 0 amide bonds. The molecule has 0 aliphatic carbocycles. The summed E-state index contributed by atoms with van der Waals surface area (Å²) in [6.45, 7) is 7.24. The van der Waals surface area contributed by atoms with Gasteiger partial charge in [-0.2, -0.15) is 5.26 Å². The summed E-state index contributed by atoms with van der Waals surface area (Å²) in [7, 11) is 0. The fraction of sp³-hybridized carbons (Fsp3) is 0. The molecule has 3 aromatic rings. The van der Waals surface area contributed by atoms with Crippen molar-refractivity contribution in [2.24, 2.45) is 0 Å². The Hall–Kier alpha value is -2.54. The van der Waals surface area contributed by atoms with Gasteiger partial charge in [0.1, 0.15) is 11.8 Å². The lowest BCUT2D eigenvalue weighted by molar-refractivity contribution is 1.19. The molecule has 0 aliphatic rings. The molecule has 0 fully saturated rings. The van der Waals surface area contributed by atoms with E-state index in [2.05, 4.69) is 46.7 Å². The van der Waals surface area contributed by atoms with E-state index in [1.54, 1.807) is 0 Å². The van der Waals surface area contributed by atoms with Crippen molar-refractivity contribution >= 4 is 37.7 Å². The van der Waals surface area contributed by atoms with Crippen molar-refractivity contribution in [2.45, 2.75) is 0 Å². The SMILES string of the molecule is [C-]#[N+]c1nc(-c2ccc(Br)cc2)c(-c2ccc(Br)cc2)nc1C#N. The zero-order chi connectivity index (χ0) is 17.1. The maximum Gasteiger partial charge on any atom is 0.307 e. The highest BCUT2D eigenvalue weighted by molar-refractivity contribution is 9.10. The van der Waals surface area contributed by atoms with Crippen molar-refractivity contribution in [3.8, 4) is 28.6 Å². The lowest BCUT2D eigenvalue weighted by Crippen LogP contribution is -1.97. The molecule has 0 aliphatic heterocycles. The van der Waals surface area contributed by atoms with Gasteiger partial charge in [-0.05, 0) is 36.4 Å². The Kier molecular flexibility index (Phi) is 4.71. The van der Waals surface area contributed by atoms with Crippen LogP contribution in [0.4, 0.5) is 5.82 Å². The van der Waals surface area contributed by atoms with Crippen LogP contribution in [0.25, 0.3) is 27.4 Å². The van der Waals surface area contributed by atoms with Crippen LogP contribution in [-0.2, 0) is 0 Å². The Morgan fingerprint density at radius 2 is 1.29 bits per heavy atom. The Labute approximate surface area is 155 Å². The second-order valence-electron chi connectivity index (χ2n) is 4.83. The van der Waals surface area contributed by atoms with Gasteiger partial charge >= 0.3 is 5.82 Å². The van der Waals surface area contributed by atoms with E-state index < -0.39 is 0 Å².